The Bertz CT molecular complexity index is 1010. The van der Waals surface area contributed by atoms with E-state index in [0.717, 1.165) is 36.2 Å². The lowest BCUT2D eigenvalue weighted by Crippen LogP contribution is -2.07. The number of nitro groups is 1. The first kappa shape index (κ1) is 19.0. The average molecular weight is 390 g/mol. The summed E-state index contributed by atoms with van der Waals surface area (Å²) in [6, 6.07) is 7.48. The van der Waals surface area contributed by atoms with Crippen molar-refractivity contribution >= 4 is 28.8 Å². The molecule has 28 heavy (non-hydrogen) atoms. The Morgan fingerprint density at radius 2 is 1.64 bits per heavy atom. The van der Waals surface area contributed by atoms with Crippen LogP contribution in [0.1, 0.15) is 11.1 Å². The van der Waals surface area contributed by atoms with Gasteiger partial charge in [-0.2, -0.15) is 13.2 Å². The highest BCUT2D eigenvalue weighted by atomic mass is 19.4. The third kappa shape index (κ3) is 4.31. The van der Waals surface area contributed by atoms with Gasteiger partial charge in [0.2, 0.25) is 11.6 Å². The predicted molar refractivity (Wildman–Crippen MR) is 95.7 cm³/mol. The third-order valence-electron chi connectivity index (χ3n) is 3.64. The van der Waals surface area contributed by atoms with Crippen molar-refractivity contribution in [1.29, 1.82) is 0 Å². The molecule has 2 N–H and O–H groups in total. The van der Waals surface area contributed by atoms with Crippen molar-refractivity contribution in [2.24, 2.45) is 0 Å². The first-order valence-corrected chi connectivity index (χ1v) is 7.87. The molecule has 0 radical (unpaired) electrons. The van der Waals surface area contributed by atoms with E-state index in [4.69, 9.17) is 0 Å². The number of aryl methyl sites for hydroxylation is 1. The molecule has 2 aromatic heterocycles. The zero-order valence-electron chi connectivity index (χ0n) is 14.4. The molecule has 0 spiro atoms. The maximum absolute atomic E-state index is 12.7. The molecule has 2 heterocycles. The largest absolute Gasteiger partial charge is 0.416 e. The summed E-state index contributed by atoms with van der Waals surface area (Å²) < 4.78 is 38.0. The Labute approximate surface area is 156 Å². The molecule has 0 saturated heterocycles. The summed E-state index contributed by atoms with van der Waals surface area (Å²) in [7, 11) is 0. The second-order valence-corrected chi connectivity index (χ2v) is 5.72. The molecule has 0 bridgehead atoms. The zero-order valence-corrected chi connectivity index (χ0v) is 14.4. The van der Waals surface area contributed by atoms with E-state index in [2.05, 4.69) is 25.6 Å². The molecule has 0 aliphatic carbocycles. The Hall–Kier alpha value is -3.76. The Balaban J connectivity index is 1.92. The van der Waals surface area contributed by atoms with E-state index in [-0.39, 0.29) is 17.3 Å². The molecule has 11 heteroatoms. The lowest BCUT2D eigenvalue weighted by Gasteiger charge is -2.11. The van der Waals surface area contributed by atoms with Gasteiger partial charge in [0.1, 0.15) is 12.1 Å². The Kier molecular flexibility index (Phi) is 5.07. The number of pyridine rings is 1. The van der Waals surface area contributed by atoms with Gasteiger partial charge < -0.3 is 10.6 Å². The summed E-state index contributed by atoms with van der Waals surface area (Å²) in [5.74, 6) is 0.0738. The summed E-state index contributed by atoms with van der Waals surface area (Å²) >= 11 is 0. The third-order valence-corrected chi connectivity index (χ3v) is 3.64. The quantitative estimate of drug-likeness (QED) is 0.485. The zero-order chi connectivity index (χ0) is 20.3. The van der Waals surface area contributed by atoms with Crippen LogP contribution in [0.15, 0.2) is 48.9 Å². The van der Waals surface area contributed by atoms with Crippen LogP contribution in [-0.2, 0) is 6.18 Å². The van der Waals surface area contributed by atoms with Crippen molar-refractivity contribution in [2.45, 2.75) is 13.1 Å². The van der Waals surface area contributed by atoms with E-state index in [1.54, 1.807) is 12.1 Å². The molecule has 0 atom stereocenters. The standard InChI is InChI=1S/C17H13F3N6O2/c1-10-6-7-21-13(8-10)25-16-14(26(27)28)15(22-9-23-16)24-12-4-2-11(3-5-12)17(18,19)20/h2-9H,1H3,(H2,21,22,23,24,25). The van der Waals surface area contributed by atoms with E-state index >= 15 is 0 Å². The average Bonchev–Trinajstić information content (AvgIpc) is 2.61. The molecule has 0 unspecified atom stereocenters. The van der Waals surface area contributed by atoms with Crippen molar-refractivity contribution in [3.8, 4) is 0 Å². The van der Waals surface area contributed by atoms with Gasteiger partial charge in [-0.1, -0.05) is 0 Å². The molecule has 0 amide bonds. The van der Waals surface area contributed by atoms with E-state index < -0.39 is 22.4 Å². The second kappa shape index (κ2) is 7.47. The van der Waals surface area contributed by atoms with Gasteiger partial charge >= 0.3 is 11.9 Å². The molecule has 3 aromatic rings. The predicted octanol–water partition coefficient (Wildman–Crippen LogP) is 4.59. The molecule has 0 aliphatic rings. The number of nitrogens with zero attached hydrogens (tertiary/aromatic N) is 4. The van der Waals surface area contributed by atoms with Gasteiger partial charge in [-0.25, -0.2) is 15.0 Å². The number of hydrogen-bond acceptors (Lipinski definition) is 7. The van der Waals surface area contributed by atoms with Gasteiger partial charge in [-0.05, 0) is 48.9 Å². The normalized spacial score (nSPS) is 11.1. The number of aromatic nitrogens is 3. The number of alkyl halides is 3. The van der Waals surface area contributed by atoms with Crippen molar-refractivity contribution < 1.29 is 18.1 Å². The fourth-order valence-corrected chi connectivity index (χ4v) is 2.34. The lowest BCUT2D eigenvalue weighted by atomic mass is 10.2. The number of rotatable bonds is 5. The van der Waals surface area contributed by atoms with Crippen LogP contribution in [0, 0.1) is 17.0 Å². The lowest BCUT2D eigenvalue weighted by molar-refractivity contribution is -0.383. The highest BCUT2D eigenvalue weighted by Crippen LogP contribution is 2.34. The van der Waals surface area contributed by atoms with Crippen LogP contribution in [0.3, 0.4) is 0 Å². The summed E-state index contributed by atoms with van der Waals surface area (Å²) in [6.45, 7) is 1.83. The maximum atomic E-state index is 12.7. The first-order valence-electron chi connectivity index (χ1n) is 7.87. The van der Waals surface area contributed by atoms with E-state index in [1.807, 2.05) is 6.92 Å². The summed E-state index contributed by atoms with van der Waals surface area (Å²) in [5, 5.41) is 17.0. The molecule has 144 valence electrons. The van der Waals surface area contributed by atoms with E-state index in [0.29, 0.717) is 5.82 Å². The molecule has 0 fully saturated rings. The summed E-state index contributed by atoms with van der Waals surface area (Å²) in [4.78, 5) is 22.6. The minimum atomic E-state index is -4.47. The molecule has 0 saturated carbocycles. The highest BCUT2D eigenvalue weighted by molar-refractivity contribution is 5.76. The smallest absolute Gasteiger partial charge is 0.334 e. The summed E-state index contributed by atoms with van der Waals surface area (Å²) in [5.41, 5.74) is -0.208. The fraction of sp³-hybridized carbons (Fsp3) is 0.118. The van der Waals surface area contributed by atoms with Crippen LogP contribution in [-0.4, -0.2) is 19.9 Å². The van der Waals surface area contributed by atoms with Crippen LogP contribution < -0.4 is 10.6 Å². The number of benzene rings is 1. The number of anilines is 4. The SMILES string of the molecule is Cc1ccnc(Nc2ncnc(Nc3ccc(C(F)(F)F)cc3)c2[N+](=O)[O-])c1. The van der Waals surface area contributed by atoms with Crippen molar-refractivity contribution in [1.82, 2.24) is 15.0 Å². The monoisotopic (exact) mass is 390 g/mol. The molecule has 0 aliphatic heterocycles. The van der Waals surface area contributed by atoms with Crippen LogP contribution in [0.5, 0.6) is 0 Å². The van der Waals surface area contributed by atoms with Crippen LogP contribution >= 0.6 is 0 Å². The number of hydrogen-bond donors (Lipinski definition) is 2. The molecule has 1 aromatic carbocycles. The van der Waals surface area contributed by atoms with Crippen molar-refractivity contribution in [3.63, 3.8) is 0 Å². The Morgan fingerprint density at radius 1 is 1.00 bits per heavy atom. The van der Waals surface area contributed by atoms with E-state index in [1.165, 1.54) is 6.20 Å². The minimum absolute atomic E-state index is 0.104. The van der Waals surface area contributed by atoms with Crippen LogP contribution in [0.25, 0.3) is 0 Å². The van der Waals surface area contributed by atoms with Crippen molar-refractivity contribution in [3.05, 3.63) is 70.2 Å². The minimum Gasteiger partial charge on any atom is -0.334 e. The van der Waals surface area contributed by atoms with Gasteiger partial charge in [-0.15, -0.1) is 0 Å². The molecular formula is C17H13F3N6O2. The highest BCUT2D eigenvalue weighted by Gasteiger charge is 2.30. The van der Waals surface area contributed by atoms with Gasteiger partial charge in [0, 0.05) is 11.9 Å². The van der Waals surface area contributed by atoms with Gasteiger partial charge in [0.25, 0.3) is 0 Å². The van der Waals surface area contributed by atoms with Crippen molar-refractivity contribution in [2.75, 3.05) is 10.6 Å². The number of nitrogens with one attached hydrogen (secondary N) is 2. The molecule has 8 nitrogen and oxygen atoms in total. The molecule has 3 rings (SSSR count). The van der Waals surface area contributed by atoms with Crippen LogP contribution in [0.2, 0.25) is 0 Å². The topological polar surface area (TPSA) is 106 Å². The Morgan fingerprint density at radius 3 is 2.21 bits per heavy atom. The van der Waals surface area contributed by atoms with Crippen LogP contribution in [0.4, 0.5) is 42.0 Å². The second-order valence-electron chi connectivity index (χ2n) is 5.72. The van der Waals surface area contributed by atoms with E-state index in [9.17, 15) is 23.3 Å². The first-order chi connectivity index (χ1) is 13.2. The fourth-order valence-electron chi connectivity index (χ4n) is 2.34. The number of halogens is 3. The maximum Gasteiger partial charge on any atom is 0.416 e. The summed E-state index contributed by atoms with van der Waals surface area (Å²) in [6.07, 6.45) is -1.85. The van der Waals surface area contributed by atoms with Gasteiger partial charge in [0.15, 0.2) is 0 Å². The van der Waals surface area contributed by atoms with Gasteiger partial charge in [-0.3, -0.25) is 10.1 Å². The van der Waals surface area contributed by atoms with Gasteiger partial charge in [0.05, 0.1) is 10.5 Å². The molecular weight excluding hydrogens is 377 g/mol.